The number of carbonyl (C=O) groups excluding carboxylic acids is 2. The third kappa shape index (κ3) is 4.83. The van der Waals surface area contributed by atoms with E-state index in [-0.39, 0.29) is 11.7 Å². The van der Waals surface area contributed by atoms with Gasteiger partial charge in [-0.25, -0.2) is 0 Å². The van der Waals surface area contributed by atoms with E-state index in [2.05, 4.69) is 10.4 Å². The molecule has 27 heavy (non-hydrogen) atoms. The second-order valence-corrected chi connectivity index (χ2v) is 6.71. The maximum absolute atomic E-state index is 12.8. The molecule has 138 valence electrons. The first-order valence-corrected chi connectivity index (χ1v) is 9.09. The highest BCUT2D eigenvalue weighted by Gasteiger charge is 2.17. The van der Waals surface area contributed by atoms with Gasteiger partial charge in [0.25, 0.3) is 5.91 Å². The van der Waals surface area contributed by atoms with Crippen LogP contribution < -0.4 is 5.32 Å². The van der Waals surface area contributed by atoms with Gasteiger partial charge < -0.3 is 5.32 Å². The van der Waals surface area contributed by atoms with Crippen LogP contribution >= 0.6 is 11.6 Å². The average molecular weight is 382 g/mol. The monoisotopic (exact) mass is 381 g/mol. The molecule has 0 aliphatic carbocycles. The van der Waals surface area contributed by atoms with Crippen molar-refractivity contribution < 1.29 is 9.59 Å². The predicted octanol–water partition coefficient (Wildman–Crippen LogP) is 3.90. The zero-order valence-corrected chi connectivity index (χ0v) is 15.7. The quantitative estimate of drug-likeness (QED) is 0.498. The smallest absolute Gasteiger partial charge is 0.252 e. The molecule has 3 aromatic rings. The molecule has 1 amide bonds. The fourth-order valence-electron chi connectivity index (χ4n) is 2.76. The van der Waals surface area contributed by atoms with E-state index >= 15 is 0 Å². The average Bonchev–Trinajstić information content (AvgIpc) is 3.10. The Bertz CT molecular complexity index is 948. The van der Waals surface area contributed by atoms with E-state index in [4.69, 9.17) is 11.6 Å². The number of amides is 1. The molecule has 1 N–H and O–H groups in total. The Balaban J connectivity index is 1.64. The summed E-state index contributed by atoms with van der Waals surface area (Å²) in [6.45, 7) is 3.21. The molecule has 0 atom stereocenters. The summed E-state index contributed by atoms with van der Waals surface area (Å²) in [5.41, 5.74) is 2.34. The van der Waals surface area contributed by atoms with Crippen molar-refractivity contribution in [3.05, 3.63) is 88.2 Å². The standard InChI is InChI=1S/C21H20ClN3O2/c1-15-13-24-25(14-15)12-4-11-23-21(27)19-6-3-2-5-18(19)20(26)16-7-9-17(22)10-8-16/h2-3,5-10,13-14H,4,11-12H2,1H3,(H,23,27). The minimum absolute atomic E-state index is 0.204. The molecule has 1 aromatic heterocycles. The number of benzene rings is 2. The van der Waals surface area contributed by atoms with Crippen LogP contribution in [0.15, 0.2) is 60.9 Å². The van der Waals surface area contributed by atoms with Crippen molar-refractivity contribution in [3.63, 3.8) is 0 Å². The molecule has 3 rings (SSSR count). The van der Waals surface area contributed by atoms with Crippen molar-refractivity contribution in [2.75, 3.05) is 6.54 Å². The number of nitrogens with one attached hydrogen (secondary N) is 1. The van der Waals surface area contributed by atoms with Gasteiger partial charge in [0.1, 0.15) is 0 Å². The minimum atomic E-state index is -0.260. The number of rotatable bonds is 7. The van der Waals surface area contributed by atoms with E-state index in [0.717, 1.165) is 18.5 Å². The SMILES string of the molecule is Cc1cnn(CCCNC(=O)c2ccccc2C(=O)c2ccc(Cl)cc2)c1. The summed E-state index contributed by atoms with van der Waals surface area (Å²) in [7, 11) is 0. The van der Waals surface area contributed by atoms with Gasteiger partial charge in [-0.15, -0.1) is 0 Å². The number of nitrogens with zero attached hydrogens (tertiary/aromatic N) is 2. The van der Waals surface area contributed by atoms with Gasteiger partial charge in [-0.2, -0.15) is 5.10 Å². The molecule has 0 saturated carbocycles. The topological polar surface area (TPSA) is 64.0 Å². The Labute approximate surface area is 163 Å². The molecule has 0 aliphatic heterocycles. The first kappa shape index (κ1) is 18.9. The Morgan fingerprint density at radius 1 is 1.07 bits per heavy atom. The number of hydrogen-bond acceptors (Lipinski definition) is 3. The second kappa shape index (κ2) is 8.64. The van der Waals surface area contributed by atoms with Gasteiger partial charge in [0, 0.05) is 35.4 Å². The van der Waals surface area contributed by atoms with Crippen molar-refractivity contribution in [2.45, 2.75) is 19.9 Å². The Morgan fingerprint density at radius 3 is 2.44 bits per heavy atom. The van der Waals surface area contributed by atoms with Crippen molar-refractivity contribution in [3.8, 4) is 0 Å². The van der Waals surface area contributed by atoms with E-state index in [1.165, 1.54) is 0 Å². The van der Waals surface area contributed by atoms with E-state index < -0.39 is 0 Å². The van der Waals surface area contributed by atoms with Gasteiger partial charge in [0.05, 0.1) is 11.8 Å². The number of aryl methyl sites for hydroxylation is 2. The molecular formula is C21H20ClN3O2. The van der Waals surface area contributed by atoms with Gasteiger partial charge >= 0.3 is 0 Å². The Kier molecular flexibility index (Phi) is 6.04. The maximum atomic E-state index is 12.8. The van der Waals surface area contributed by atoms with E-state index in [9.17, 15) is 9.59 Å². The summed E-state index contributed by atoms with van der Waals surface area (Å²) in [6.07, 6.45) is 4.51. The highest BCUT2D eigenvalue weighted by molar-refractivity contribution is 6.30. The van der Waals surface area contributed by atoms with Crippen LogP contribution in [-0.2, 0) is 6.54 Å². The molecule has 0 fully saturated rings. The first-order chi connectivity index (χ1) is 13.0. The third-order valence-corrected chi connectivity index (χ3v) is 4.39. The molecule has 0 saturated heterocycles. The van der Waals surface area contributed by atoms with Crippen LogP contribution in [-0.4, -0.2) is 28.0 Å². The van der Waals surface area contributed by atoms with E-state index in [1.54, 1.807) is 54.7 Å². The molecule has 5 nitrogen and oxygen atoms in total. The van der Waals surface area contributed by atoms with Crippen LogP contribution in [0, 0.1) is 6.92 Å². The lowest BCUT2D eigenvalue weighted by Crippen LogP contribution is -2.27. The Hall–Kier alpha value is -2.92. The lowest BCUT2D eigenvalue weighted by molar-refractivity contribution is 0.0941. The maximum Gasteiger partial charge on any atom is 0.252 e. The molecule has 0 unspecified atom stereocenters. The van der Waals surface area contributed by atoms with Crippen LogP contribution in [0.2, 0.25) is 5.02 Å². The summed E-state index contributed by atoms with van der Waals surface area (Å²) < 4.78 is 1.85. The number of carbonyl (C=O) groups is 2. The molecule has 0 radical (unpaired) electrons. The minimum Gasteiger partial charge on any atom is -0.352 e. The molecule has 0 aliphatic rings. The number of ketones is 1. The number of hydrogen-bond donors (Lipinski definition) is 1. The van der Waals surface area contributed by atoms with Crippen LogP contribution in [0.1, 0.15) is 38.3 Å². The summed E-state index contributed by atoms with van der Waals surface area (Å²) >= 11 is 5.88. The highest BCUT2D eigenvalue weighted by Crippen LogP contribution is 2.17. The number of aromatic nitrogens is 2. The lowest BCUT2D eigenvalue weighted by atomic mass is 9.98. The summed E-state index contributed by atoms with van der Waals surface area (Å²) in [5, 5.41) is 7.66. The van der Waals surface area contributed by atoms with Crippen molar-refractivity contribution in [1.82, 2.24) is 15.1 Å². The molecule has 2 aromatic carbocycles. The molecule has 0 bridgehead atoms. The molecule has 1 heterocycles. The van der Waals surface area contributed by atoms with E-state index in [1.807, 2.05) is 17.8 Å². The summed E-state index contributed by atoms with van der Waals surface area (Å²) in [4.78, 5) is 25.3. The Morgan fingerprint density at radius 2 is 1.78 bits per heavy atom. The summed E-state index contributed by atoms with van der Waals surface area (Å²) in [6, 6.07) is 13.5. The largest absolute Gasteiger partial charge is 0.352 e. The zero-order chi connectivity index (χ0) is 19.2. The third-order valence-electron chi connectivity index (χ3n) is 4.13. The van der Waals surface area contributed by atoms with Crippen LogP contribution in [0.5, 0.6) is 0 Å². The normalized spacial score (nSPS) is 10.6. The van der Waals surface area contributed by atoms with Gasteiger partial charge in [-0.3, -0.25) is 14.3 Å². The van der Waals surface area contributed by atoms with Crippen LogP contribution in [0.4, 0.5) is 0 Å². The van der Waals surface area contributed by atoms with Crippen molar-refractivity contribution in [2.24, 2.45) is 0 Å². The lowest BCUT2D eigenvalue weighted by Gasteiger charge is -2.10. The van der Waals surface area contributed by atoms with Gasteiger partial charge in [-0.1, -0.05) is 29.8 Å². The molecular weight excluding hydrogens is 362 g/mol. The molecule has 0 spiro atoms. The first-order valence-electron chi connectivity index (χ1n) is 8.71. The number of halogens is 1. The van der Waals surface area contributed by atoms with Crippen LogP contribution in [0.25, 0.3) is 0 Å². The van der Waals surface area contributed by atoms with Crippen LogP contribution in [0.3, 0.4) is 0 Å². The van der Waals surface area contributed by atoms with Gasteiger partial charge in [0.15, 0.2) is 5.78 Å². The fourth-order valence-corrected chi connectivity index (χ4v) is 2.89. The van der Waals surface area contributed by atoms with Gasteiger partial charge in [-0.05, 0) is 49.2 Å². The van der Waals surface area contributed by atoms with Crippen molar-refractivity contribution in [1.29, 1.82) is 0 Å². The summed E-state index contributed by atoms with van der Waals surface area (Å²) in [5.74, 6) is -0.464. The highest BCUT2D eigenvalue weighted by atomic mass is 35.5. The van der Waals surface area contributed by atoms with E-state index in [0.29, 0.717) is 28.3 Å². The predicted molar refractivity (Wildman–Crippen MR) is 105 cm³/mol. The zero-order valence-electron chi connectivity index (χ0n) is 15.0. The fraction of sp³-hybridized carbons (Fsp3) is 0.190. The molecule has 6 heteroatoms. The van der Waals surface area contributed by atoms with Crippen molar-refractivity contribution >= 4 is 23.3 Å². The second-order valence-electron chi connectivity index (χ2n) is 6.27. The van der Waals surface area contributed by atoms with Gasteiger partial charge in [0.2, 0.25) is 0 Å².